The van der Waals surface area contributed by atoms with Crippen LogP contribution in [0, 0.1) is 11.8 Å². The molecule has 2 heterocycles. The number of halogens is 4. The van der Waals surface area contributed by atoms with E-state index in [1.165, 1.54) is 18.2 Å². The van der Waals surface area contributed by atoms with Crippen LogP contribution in [-0.2, 0) is 0 Å². The minimum Gasteiger partial charge on any atom is -0.486 e. The van der Waals surface area contributed by atoms with Crippen molar-refractivity contribution in [2.45, 2.75) is 0 Å². The van der Waals surface area contributed by atoms with Gasteiger partial charge in [0.2, 0.25) is 0 Å². The smallest absolute Gasteiger partial charge is 0.318 e. The zero-order chi connectivity index (χ0) is 17.4. The van der Waals surface area contributed by atoms with E-state index in [1.54, 1.807) is 0 Å². The Hall–Kier alpha value is -3.04. The lowest BCUT2D eigenvalue weighted by Gasteiger charge is -2.20. The molecule has 0 fully saturated rings. The van der Waals surface area contributed by atoms with Crippen LogP contribution in [0.4, 0.5) is 23.6 Å². The zero-order valence-corrected chi connectivity index (χ0v) is 11.9. The van der Waals surface area contributed by atoms with Crippen molar-refractivity contribution < 1.29 is 32.0 Å². The lowest BCUT2D eigenvalue weighted by Crippen LogP contribution is -2.20. The van der Waals surface area contributed by atoms with Crippen molar-refractivity contribution in [1.82, 2.24) is 10.3 Å². The molecule has 0 saturated carbocycles. The van der Waals surface area contributed by atoms with Crippen LogP contribution in [-0.4, -0.2) is 29.4 Å². The maximum Gasteiger partial charge on any atom is 0.318 e. The van der Waals surface area contributed by atoms with Gasteiger partial charge >= 0.3 is 5.91 Å². The second-order valence-corrected chi connectivity index (χ2v) is 4.75. The Labute approximate surface area is 132 Å². The number of aromatic nitrogens is 1. The summed E-state index contributed by atoms with van der Waals surface area (Å²) in [7, 11) is 0. The molecule has 0 bridgehead atoms. The van der Waals surface area contributed by atoms with Crippen molar-refractivity contribution >= 4 is 11.7 Å². The van der Waals surface area contributed by atoms with Gasteiger partial charge < -0.3 is 15.2 Å². The molecular formula is C14H9F4N3O3. The van der Waals surface area contributed by atoms with Crippen LogP contribution in [0.1, 0.15) is 10.4 Å². The first-order valence-electron chi connectivity index (χ1n) is 6.60. The van der Waals surface area contributed by atoms with Crippen LogP contribution in [0.25, 0.3) is 11.1 Å². The molecule has 24 heavy (non-hydrogen) atoms. The number of nitrogens with zero attached hydrogens (tertiary/aromatic N) is 2. The highest BCUT2D eigenvalue weighted by Gasteiger charge is 2.29. The quantitative estimate of drug-likeness (QED) is 0.515. The van der Waals surface area contributed by atoms with E-state index in [2.05, 4.69) is 4.98 Å². The minimum absolute atomic E-state index is 0.0880. The second kappa shape index (κ2) is 5.87. The topological polar surface area (TPSA) is 77.7 Å². The summed E-state index contributed by atoms with van der Waals surface area (Å²) in [5.74, 6) is -5.42. The predicted molar refractivity (Wildman–Crippen MR) is 73.4 cm³/mol. The van der Waals surface area contributed by atoms with Gasteiger partial charge in [0.05, 0.1) is 5.56 Å². The molecule has 1 aromatic heterocycles. The number of anilines is 1. The first-order valence-corrected chi connectivity index (χ1v) is 6.60. The van der Waals surface area contributed by atoms with Crippen LogP contribution >= 0.6 is 0 Å². The molecule has 1 amide bonds. The van der Waals surface area contributed by atoms with Crippen molar-refractivity contribution in [2.24, 2.45) is 0 Å². The van der Waals surface area contributed by atoms with Crippen LogP contribution in [0.5, 0.6) is 11.5 Å². The third-order valence-corrected chi connectivity index (χ3v) is 3.32. The van der Waals surface area contributed by atoms with Crippen LogP contribution in [0.15, 0.2) is 18.2 Å². The van der Waals surface area contributed by atoms with Gasteiger partial charge in [-0.05, 0) is 17.7 Å². The third kappa shape index (κ3) is 2.55. The summed E-state index contributed by atoms with van der Waals surface area (Å²) >= 11 is 0. The zero-order valence-electron chi connectivity index (χ0n) is 11.9. The van der Waals surface area contributed by atoms with E-state index in [4.69, 9.17) is 15.2 Å². The number of ether oxygens (including phenoxy) is 2. The molecule has 0 aliphatic carbocycles. The SMILES string of the molecule is Nc1nc(F)c(F)c(-c2ccc3c(c2)OCCO3)c1C(=O)N(F)F. The lowest BCUT2D eigenvalue weighted by molar-refractivity contribution is -0.108. The molecule has 0 spiro atoms. The Bertz CT molecular complexity index is 829. The lowest BCUT2D eigenvalue weighted by atomic mass is 9.99. The number of pyridine rings is 1. The van der Waals surface area contributed by atoms with Gasteiger partial charge in [-0.25, -0.2) is 4.39 Å². The van der Waals surface area contributed by atoms with Crippen molar-refractivity contribution in [1.29, 1.82) is 0 Å². The second-order valence-electron chi connectivity index (χ2n) is 4.75. The van der Waals surface area contributed by atoms with E-state index in [9.17, 15) is 22.5 Å². The Morgan fingerprint density at radius 3 is 2.50 bits per heavy atom. The van der Waals surface area contributed by atoms with E-state index < -0.39 is 40.0 Å². The van der Waals surface area contributed by atoms with Gasteiger partial charge in [0, 0.05) is 10.9 Å². The Morgan fingerprint density at radius 2 is 1.83 bits per heavy atom. The molecule has 6 nitrogen and oxygen atoms in total. The number of nitrogens with two attached hydrogens (primary N) is 1. The van der Waals surface area contributed by atoms with Gasteiger partial charge in [0.15, 0.2) is 17.3 Å². The molecule has 2 aromatic rings. The minimum atomic E-state index is -1.91. The first kappa shape index (κ1) is 15.8. The normalized spacial score (nSPS) is 12.8. The van der Waals surface area contributed by atoms with Crippen molar-refractivity contribution in [2.75, 3.05) is 18.9 Å². The summed E-state index contributed by atoms with van der Waals surface area (Å²) in [6.45, 7) is 0.528. The molecule has 1 aliphatic heterocycles. The van der Waals surface area contributed by atoms with Gasteiger partial charge in [-0.3, -0.25) is 4.79 Å². The van der Waals surface area contributed by atoms with E-state index in [0.29, 0.717) is 12.4 Å². The summed E-state index contributed by atoms with van der Waals surface area (Å²) in [6, 6.07) is 3.89. The van der Waals surface area contributed by atoms with E-state index in [1.807, 2.05) is 0 Å². The Balaban J connectivity index is 2.25. The average molecular weight is 343 g/mol. The van der Waals surface area contributed by atoms with Crippen molar-refractivity contribution in [3.05, 3.63) is 35.5 Å². The van der Waals surface area contributed by atoms with E-state index in [-0.39, 0.29) is 17.9 Å². The van der Waals surface area contributed by atoms with Crippen molar-refractivity contribution in [3.8, 4) is 22.6 Å². The fraction of sp³-hybridized carbons (Fsp3) is 0.143. The number of fused-ring (bicyclic) bond motifs is 1. The standard InChI is InChI=1S/C14H9F4N3O3/c15-11-9(6-1-2-7-8(5-6)24-4-3-23-7)10(14(22)21(17)18)13(19)20-12(11)16/h1-2,5H,3-4H2,(H2,19,20). The number of carbonyl (C=O) groups is 1. The van der Waals surface area contributed by atoms with Gasteiger partial charge in [0.25, 0.3) is 5.95 Å². The highest BCUT2D eigenvalue weighted by Crippen LogP contribution is 2.38. The molecule has 0 atom stereocenters. The summed E-state index contributed by atoms with van der Waals surface area (Å²) in [5, 5.41) is -1.79. The van der Waals surface area contributed by atoms with Crippen molar-refractivity contribution in [3.63, 3.8) is 0 Å². The molecule has 0 unspecified atom stereocenters. The van der Waals surface area contributed by atoms with E-state index in [0.717, 1.165) is 0 Å². The number of hydrogen-bond donors (Lipinski definition) is 1. The Morgan fingerprint density at radius 1 is 1.17 bits per heavy atom. The first-order chi connectivity index (χ1) is 11.4. The van der Waals surface area contributed by atoms with Gasteiger partial charge in [-0.1, -0.05) is 15.0 Å². The molecule has 126 valence electrons. The van der Waals surface area contributed by atoms with Gasteiger partial charge in [-0.15, -0.1) is 0 Å². The molecule has 2 N–H and O–H groups in total. The van der Waals surface area contributed by atoms with Gasteiger partial charge in [0.1, 0.15) is 19.0 Å². The highest BCUT2D eigenvalue weighted by atomic mass is 19.4. The summed E-state index contributed by atoms with van der Waals surface area (Å²) in [6.07, 6.45) is 0. The molecule has 3 rings (SSSR count). The predicted octanol–water partition coefficient (Wildman–Crippen LogP) is 2.59. The fourth-order valence-electron chi connectivity index (χ4n) is 2.32. The van der Waals surface area contributed by atoms with Crippen LogP contribution in [0.3, 0.4) is 0 Å². The summed E-state index contributed by atoms with van der Waals surface area (Å²) in [5.41, 5.74) is 3.58. The summed E-state index contributed by atoms with van der Waals surface area (Å²) in [4.78, 5) is 14.6. The molecule has 1 aliphatic rings. The number of carbonyl (C=O) groups excluding carboxylic acids is 1. The van der Waals surface area contributed by atoms with Crippen LogP contribution < -0.4 is 15.2 Å². The molecule has 10 heteroatoms. The number of hydrogen-bond acceptors (Lipinski definition) is 5. The maximum atomic E-state index is 14.2. The largest absolute Gasteiger partial charge is 0.486 e. The average Bonchev–Trinajstić information content (AvgIpc) is 2.56. The maximum absolute atomic E-state index is 14.2. The Kier molecular flexibility index (Phi) is 3.87. The number of rotatable bonds is 2. The number of benzene rings is 1. The highest BCUT2D eigenvalue weighted by molar-refractivity contribution is 6.04. The fourth-order valence-corrected chi connectivity index (χ4v) is 2.32. The molecule has 0 radical (unpaired) electrons. The summed E-state index contributed by atoms with van der Waals surface area (Å²) < 4.78 is 63.6. The van der Waals surface area contributed by atoms with Crippen LogP contribution in [0.2, 0.25) is 0 Å². The number of amides is 1. The molecule has 0 saturated heterocycles. The molecular weight excluding hydrogens is 334 g/mol. The monoisotopic (exact) mass is 343 g/mol. The third-order valence-electron chi connectivity index (χ3n) is 3.32. The molecule has 1 aromatic carbocycles. The number of nitrogen functional groups attached to an aromatic ring is 1. The van der Waals surface area contributed by atoms with E-state index >= 15 is 0 Å². The van der Waals surface area contributed by atoms with Gasteiger partial charge in [-0.2, -0.15) is 9.37 Å².